The smallest absolute Gasteiger partial charge is 0.274 e. The first-order valence-electron chi connectivity index (χ1n) is 11.0. The highest BCUT2D eigenvalue weighted by atomic mass is 16.2. The van der Waals surface area contributed by atoms with Crippen LogP contribution in [0.15, 0.2) is 60.7 Å². The normalized spacial score (nSPS) is 19.2. The molecule has 2 aromatic carbocycles. The summed E-state index contributed by atoms with van der Waals surface area (Å²) in [5.74, 6) is -0.654. The van der Waals surface area contributed by atoms with E-state index in [1.807, 2.05) is 36.4 Å². The Morgan fingerprint density at radius 2 is 1.72 bits per heavy atom. The quantitative estimate of drug-likeness (QED) is 0.647. The fourth-order valence-electron chi connectivity index (χ4n) is 4.47. The van der Waals surface area contributed by atoms with Crippen molar-refractivity contribution < 1.29 is 9.59 Å². The summed E-state index contributed by atoms with van der Waals surface area (Å²) in [6.07, 6.45) is 1.73. The van der Waals surface area contributed by atoms with Crippen LogP contribution in [0.1, 0.15) is 51.0 Å². The zero-order valence-electron chi connectivity index (χ0n) is 17.8. The number of benzene rings is 2. The van der Waals surface area contributed by atoms with Gasteiger partial charge in [0.05, 0.1) is 12.6 Å². The van der Waals surface area contributed by atoms with Crippen LogP contribution in [-0.2, 0) is 13.1 Å². The van der Waals surface area contributed by atoms with E-state index in [1.165, 1.54) is 10.2 Å². The fraction of sp³-hybridized carbons (Fsp3) is 0.333. The molecule has 0 aliphatic carbocycles. The molecule has 2 aliphatic rings. The minimum atomic E-state index is -0.332. The van der Waals surface area contributed by atoms with Crippen LogP contribution in [0.3, 0.4) is 0 Å². The summed E-state index contributed by atoms with van der Waals surface area (Å²) < 4.78 is 1.54. The van der Waals surface area contributed by atoms with Crippen LogP contribution in [0.25, 0.3) is 0 Å². The second-order valence-corrected chi connectivity index (χ2v) is 8.41. The molecule has 2 N–H and O–H groups in total. The number of fused-ring (bicyclic) bond motifs is 1. The van der Waals surface area contributed by atoms with Crippen LogP contribution < -0.4 is 10.6 Å². The zero-order chi connectivity index (χ0) is 21.9. The molecule has 32 heavy (non-hydrogen) atoms. The third-order valence-electron chi connectivity index (χ3n) is 6.20. The van der Waals surface area contributed by atoms with Crippen LogP contribution in [0.2, 0.25) is 0 Å². The number of carbonyl (C=O) groups is 2. The van der Waals surface area contributed by atoms with E-state index in [1.54, 1.807) is 0 Å². The fourth-order valence-corrected chi connectivity index (χ4v) is 4.47. The molecule has 1 aromatic heterocycles. The molecular formula is C24H26N6O2. The van der Waals surface area contributed by atoms with Crippen molar-refractivity contribution in [3.63, 3.8) is 0 Å². The van der Waals surface area contributed by atoms with E-state index < -0.39 is 0 Å². The molecule has 164 valence electrons. The van der Waals surface area contributed by atoms with Gasteiger partial charge >= 0.3 is 0 Å². The molecule has 0 radical (unpaired) electrons. The van der Waals surface area contributed by atoms with E-state index >= 15 is 0 Å². The molecule has 5 rings (SSSR count). The Morgan fingerprint density at radius 3 is 2.44 bits per heavy atom. The van der Waals surface area contributed by atoms with Gasteiger partial charge in [-0.15, -0.1) is 5.10 Å². The van der Waals surface area contributed by atoms with Gasteiger partial charge in [-0.05, 0) is 24.0 Å². The summed E-state index contributed by atoms with van der Waals surface area (Å²) in [4.78, 5) is 28.1. The summed E-state index contributed by atoms with van der Waals surface area (Å²) in [6, 6.07) is 20.0. The lowest BCUT2D eigenvalue weighted by Crippen LogP contribution is -2.45. The first-order valence-corrected chi connectivity index (χ1v) is 11.0. The number of likely N-dealkylation sites (tertiary alicyclic amines) is 1. The van der Waals surface area contributed by atoms with Crippen molar-refractivity contribution in [2.24, 2.45) is 0 Å². The van der Waals surface area contributed by atoms with E-state index in [4.69, 9.17) is 0 Å². The molecule has 2 aliphatic heterocycles. The van der Waals surface area contributed by atoms with Crippen molar-refractivity contribution in [2.45, 2.75) is 38.0 Å². The Morgan fingerprint density at radius 1 is 1.03 bits per heavy atom. The highest BCUT2D eigenvalue weighted by Crippen LogP contribution is 2.22. The van der Waals surface area contributed by atoms with E-state index in [0.29, 0.717) is 6.54 Å². The Balaban J connectivity index is 1.20. The molecule has 0 bridgehead atoms. The molecule has 1 saturated heterocycles. The molecule has 1 fully saturated rings. The number of aromatic nitrogens is 3. The maximum atomic E-state index is 12.9. The predicted molar refractivity (Wildman–Crippen MR) is 119 cm³/mol. The molecule has 1 unspecified atom stereocenters. The molecule has 3 heterocycles. The van der Waals surface area contributed by atoms with Crippen molar-refractivity contribution in [3.8, 4) is 0 Å². The van der Waals surface area contributed by atoms with Crippen LogP contribution in [-0.4, -0.2) is 50.8 Å². The summed E-state index contributed by atoms with van der Waals surface area (Å²) in [5, 5.41) is 14.2. The van der Waals surface area contributed by atoms with Crippen molar-refractivity contribution in [3.05, 3.63) is 83.2 Å². The number of hydrogen-bond donors (Lipinski definition) is 2. The lowest BCUT2D eigenvalue weighted by molar-refractivity contribution is 0.0862. The number of nitrogens with zero attached hydrogens (tertiary/aromatic N) is 4. The van der Waals surface area contributed by atoms with E-state index in [0.717, 1.165) is 38.0 Å². The van der Waals surface area contributed by atoms with E-state index in [9.17, 15) is 9.59 Å². The number of amides is 2. The summed E-state index contributed by atoms with van der Waals surface area (Å²) in [7, 11) is 0. The lowest BCUT2D eigenvalue weighted by Gasteiger charge is -2.32. The molecule has 8 heteroatoms. The van der Waals surface area contributed by atoms with Crippen LogP contribution >= 0.6 is 0 Å². The van der Waals surface area contributed by atoms with Crippen LogP contribution in [0.5, 0.6) is 0 Å². The number of rotatable bonds is 5. The van der Waals surface area contributed by atoms with Gasteiger partial charge in [-0.2, -0.15) is 0 Å². The molecule has 3 aromatic rings. The Kier molecular flexibility index (Phi) is 5.68. The number of piperidine rings is 1. The molecular weight excluding hydrogens is 404 g/mol. The predicted octanol–water partition coefficient (Wildman–Crippen LogP) is 2.16. The third-order valence-corrected chi connectivity index (χ3v) is 6.20. The Hall–Kier alpha value is -3.52. The van der Waals surface area contributed by atoms with Gasteiger partial charge < -0.3 is 10.6 Å². The largest absolute Gasteiger partial charge is 0.348 e. The van der Waals surface area contributed by atoms with Gasteiger partial charge in [0.15, 0.2) is 11.4 Å². The zero-order valence-corrected chi connectivity index (χ0v) is 17.8. The van der Waals surface area contributed by atoms with Gasteiger partial charge in [-0.3, -0.25) is 14.5 Å². The van der Waals surface area contributed by atoms with Gasteiger partial charge in [-0.25, -0.2) is 4.68 Å². The minimum absolute atomic E-state index is 0.0654. The SMILES string of the molecule is O=C(NC1CCN(Cc2ccccc2)CC1)c1nnn2c1C(=O)NC(c1ccccc1)C2. The second-order valence-electron chi connectivity index (χ2n) is 8.41. The Bertz CT molecular complexity index is 1090. The Labute approximate surface area is 186 Å². The van der Waals surface area contributed by atoms with Gasteiger partial charge in [0.1, 0.15) is 0 Å². The summed E-state index contributed by atoms with van der Waals surface area (Å²) >= 11 is 0. The van der Waals surface area contributed by atoms with Crippen molar-refractivity contribution in [1.29, 1.82) is 0 Å². The highest BCUT2D eigenvalue weighted by molar-refractivity contribution is 6.05. The van der Waals surface area contributed by atoms with Crippen LogP contribution in [0, 0.1) is 0 Å². The van der Waals surface area contributed by atoms with Gasteiger partial charge in [0.2, 0.25) is 0 Å². The van der Waals surface area contributed by atoms with E-state index in [-0.39, 0.29) is 35.3 Å². The monoisotopic (exact) mass is 430 g/mol. The van der Waals surface area contributed by atoms with Crippen molar-refractivity contribution in [1.82, 2.24) is 30.5 Å². The summed E-state index contributed by atoms with van der Waals surface area (Å²) in [6.45, 7) is 3.20. The van der Waals surface area contributed by atoms with Gasteiger partial charge in [0.25, 0.3) is 11.8 Å². The maximum absolute atomic E-state index is 12.9. The maximum Gasteiger partial charge on any atom is 0.274 e. The van der Waals surface area contributed by atoms with E-state index in [2.05, 4.69) is 50.1 Å². The number of hydrogen-bond acceptors (Lipinski definition) is 5. The lowest BCUT2D eigenvalue weighted by atomic mass is 10.0. The molecule has 8 nitrogen and oxygen atoms in total. The average Bonchev–Trinajstić information content (AvgIpc) is 3.27. The van der Waals surface area contributed by atoms with Crippen molar-refractivity contribution >= 4 is 11.8 Å². The topological polar surface area (TPSA) is 92.2 Å². The second kappa shape index (κ2) is 8.92. The number of nitrogens with one attached hydrogen (secondary N) is 2. The van der Waals surface area contributed by atoms with Gasteiger partial charge in [-0.1, -0.05) is 65.9 Å². The van der Waals surface area contributed by atoms with Crippen molar-refractivity contribution in [2.75, 3.05) is 13.1 Å². The van der Waals surface area contributed by atoms with Crippen LogP contribution in [0.4, 0.5) is 0 Å². The molecule has 2 amide bonds. The molecule has 1 atom stereocenters. The van der Waals surface area contributed by atoms with Gasteiger partial charge in [0, 0.05) is 25.7 Å². The average molecular weight is 431 g/mol. The molecule has 0 spiro atoms. The third kappa shape index (κ3) is 4.27. The number of carbonyl (C=O) groups excluding carboxylic acids is 2. The summed E-state index contributed by atoms with van der Waals surface area (Å²) in [5.41, 5.74) is 2.62. The first kappa shape index (κ1) is 20.4. The molecule has 0 saturated carbocycles. The first-order chi connectivity index (χ1) is 15.7. The standard InChI is InChI=1S/C24H26N6O2/c31-23(25-19-11-13-29(14-12-19)15-17-7-3-1-4-8-17)21-22-24(32)26-20(16-30(22)28-27-21)18-9-5-2-6-10-18/h1-10,19-20H,11-16H2,(H,25,31)(H,26,32). The minimum Gasteiger partial charge on any atom is -0.348 e. The highest BCUT2D eigenvalue weighted by Gasteiger charge is 2.33.